The average Bonchev–Trinajstić information content (AvgIpc) is 3.29. The molecule has 1 saturated heterocycles. The minimum absolute atomic E-state index is 0.154. The Labute approximate surface area is 138 Å². The van der Waals surface area contributed by atoms with Crippen LogP contribution >= 0.6 is 0 Å². The summed E-state index contributed by atoms with van der Waals surface area (Å²) < 4.78 is 5.24. The number of hydrogen-bond acceptors (Lipinski definition) is 5. The molecule has 6 nitrogen and oxygen atoms in total. The van der Waals surface area contributed by atoms with Gasteiger partial charge in [-0.3, -0.25) is 4.79 Å². The van der Waals surface area contributed by atoms with E-state index in [1.807, 2.05) is 20.8 Å². The highest BCUT2D eigenvalue weighted by Gasteiger charge is 2.49. The lowest BCUT2D eigenvalue weighted by Gasteiger charge is -2.35. The summed E-state index contributed by atoms with van der Waals surface area (Å²) in [6.45, 7) is 6.54. The zero-order valence-electron chi connectivity index (χ0n) is 14.5. The van der Waals surface area contributed by atoms with Gasteiger partial charge in [0.25, 0.3) is 0 Å². The number of hydrogen-bond donors (Lipinski definition) is 2. The number of ether oxygens (including phenoxy) is 1. The number of nitrogens with zero attached hydrogens (tertiary/aromatic N) is 1. The molecule has 1 heterocycles. The smallest absolute Gasteiger partial charge is 0.328 e. The molecule has 0 aromatic rings. The van der Waals surface area contributed by atoms with E-state index in [1.165, 1.54) is 4.90 Å². The second-order valence-corrected chi connectivity index (χ2v) is 7.49. The first kappa shape index (κ1) is 18.2. The molecule has 2 rings (SSSR count). The van der Waals surface area contributed by atoms with E-state index in [1.54, 1.807) is 0 Å². The first-order valence-corrected chi connectivity index (χ1v) is 8.69. The summed E-state index contributed by atoms with van der Waals surface area (Å²) >= 11 is 0. The van der Waals surface area contributed by atoms with E-state index >= 15 is 0 Å². The Bertz CT molecular complexity index is 448. The first-order valence-electron chi connectivity index (χ1n) is 8.69. The van der Waals surface area contributed by atoms with E-state index in [2.05, 4.69) is 0 Å². The van der Waals surface area contributed by atoms with Gasteiger partial charge in [0.1, 0.15) is 6.04 Å². The SMILES string of the molecule is CCCCOC(=O)[C@@H]1C[C@@H](O)CN1C(=O)[C@@H](N)C(C)(C)C1CC1. The monoisotopic (exact) mass is 326 g/mol. The third-order valence-corrected chi connectivity index (χ3v) is 5.27. The van der Waals surface area contributed by atoms with Crippen molar-refractivity contribution in [3.8, 4) is 0 Å². The average molecular weight is 326 g/mol. The molecule has 1 saturated carbocycles. The number of rotatable bonds is 7. The van der Waals surface area contributed by atoms with Crippen molar-refractivity contribution in [2.24, 2.45) is 17.1 Å². The number of carbonyl (C=O) groups is 2. The zero-order valence-corrected chi connectivity index (χ0v) is 14.5. The van der Waals surface area contributed by atoms with Crippen LogP contribution in [0.15, 0.2) is 0 Å². The van der Waals surface area contributed by atoms with Crippen molar-refractivity contribution in [3.05, 3.63) is 0 Å². The Morgan fingerprint density at radius 3 is 2.61 bits per heavy atom. The molecule has 0 aromatic heterocycles. The first-order chi connectivity index (χ1) is 10.8. The molecular formula is C17H30N2O4. The molecule has 1 aliphatic heterocycles. The van der Waals surface area contributed by atoms with Crippen molar-refractivity contribution < 1.29 is 19.4 Å². The molecule has 0 aromatic carbocycles. The Balaban J connectivity index is 2.02. The third-order valence-electron chi connectivity index (χ3n) is 5.27. The zero-order chi connectivity index (χ0) is 17.2. The molecule has 0 unspecified atom stereocenters. The Morgan fingerprint density at radius 1 is 1.39 bits per heavy atom. The van der Waals surface area contributed by atoms with E-state index < -0.39 is 24.2 Å². The molecule has 3 N–H and O–H groups in total. The Hall–Kier alpha value is -1.14. The molecule has 6 heteroatoms. The van der Waals surface area contributed by atoms with Gasteiger partial charge in [-0.15, -0.1) is 0 Å². The highest BCUT2D eigenvalue weighted by atomic mass is 16.5. The minimum atomic E-state index is -0.713. The molecule has 0 bridgehead atoms. The number of nitrogens with two attached hydrogens (primary N) is 1. The lowest BCUT2D eigenvalue weighted by molar-refractivity contribution is -0.154. The van der Waals surface area contributed by atoms with E-state index in [0.29, 0.717) is 12.5 Å². The molecule has 132 valence electrons. The van der Waals surface area contributed by atoms with Gasteiger partial charge in [0, 0.05) is 13.0 Å². The fourth-order valence-electron chi connectivity index (χ4n) is 3.27. The van der Waals surface area contributed by atoms with Crippen LogP contribution in [0.5, 0.6) is 0 Å². The van der Waals surface area contributed by atoms with Gasteiger partial charge in [0.2, 0.25) is 5.91 Å². The number of aliphatic hydroxyl groups excluding tert-OH is 1. The molecule has 0 spiro atoms. The Morgan fingerprint density at radius 2 is 2.04 bits per heavy atom. The third kappa shape index (κ3) is 4.04. The minimum Gasteiger partial charge on any atom is -0.464 e. The van der Waals surface area contributed by atoms with E-state index in [9.17, 15) is 14.7 Å². The summed E-state index contributed by atoms with van der Waals surface area (Å²) in [6, 6.07) is -1.37. The summed E-state index contributed by atoms with van der Waals surface area (Å²) in [5, 5.41) is 9.90. The quantitative estimate of drug-likeness (QED) is 0.539. The number of carbonyl (C=O) groups excluding carboxylic acids is 2. The van der Waals surface area contributed by atoms with Crippen molar-refractivity contribution >= 4 is 11.9 Å². The van der Waals surface area contributed by atoms with Crippen LogP contribution in [0.1, 0.15) is 52.9 Å². The van der Waals surface area contributed by atoms with Crippen molar-refractivity contribution in [2.75, 3.05) is 13.2 Å². The van der Waals surface area contributed by atoms with E-state index in [0.717, 1.165) is 25.7 Å². The summed E-state index contributed by atoms with van der Waals surface area (Å²) in [7, 11) is 0. The lowest BCUT2D eigenvalue weighted by atomic mass is 9.79. The van der Waals surface area contributed by atoms with Gasteiger partial charge in [0.05, 0.1) is 18.8 Å². The summed E-state index contributed by atoms with van der Waals surface area (Å²) in [5.74, 6) is -0.223. The maximum absolute atomic E-state index is 12.8. The van der Waals surface area contributed by atoms with Gasteiger partial charge < -0.3 is 20.5 Å². The molecule has 23 heavy (non-hydrogen) atoms. The van der Waals surface area contributed by atoms with Gasteiger partial charge in [-0.25, -0.2) is 4.79 Å². The van der Waals surface area contributed by atoms with Gasteiger partial charge in [-0.2, -0.15) is 0 Å². The van der Waals surface area contributed by atoms with Gasteiger partial charge in [0.15, 0.2) is 0 Å². The maximum Gasteiger partial charge on any atom is 0.328 e. The second-order valence-electron chi connectivity index (χ2n) is 7.49. The van der Waals surface area contributed by atoms with Crippen LogP contribution in [0, 0.1) is 11.3 Å². The largest absolute Gasteiger partial charge is 0.464 e. The van der Waals surface area contributed by atoms with E-state index in [4.69, 9.17) is 10.5 Å². The second kappa shape index (κ2) is 7.18. The van der Waals surface area contributed by atoms with Crippen LogP contribution in [-0.4, -0.2) is 53.2 Å². The van der Waals surface area contributed by atoms with Crippen LogP contribution in [0.25, 0.3) is 0 Å². The number of aliphatic hydroxyl groups is 1. The van der Waals surface area contributed by atoms with Crippen LogP contribution in [-0.2, 0) is 14.3 Å². The molecule has 2 fully saturated rings. The number of likely N-dealkylation sites (tertiary alicyclic amines) is 1. The van der Waals surface area contributed by atoms with Crippen molar-refractivity contribution in [2.45, 2.75) is 71.1 Å². The van der Waals surface area contributed by atoms with Crippen LogP contribution < -0.4 is 5.73 Å². The molecule has 1 amide bonds. The standard InChI is InChI=1S/C17H30N2O4/c1-4-5-8-23-16(22)13-9-12(20)10-19(13)15(21)14(18)17(2,3)11-6-7-11/h11-14,20H,4-10,18H2,1-3H3/t12-,13+,14-/m1/s1. The highest BCUT2D eigenvalue weighted by molar-refractivity contribution is 5.88. The summed E-state index contributed by atoms with van der Waals surface area (Å²) in [5.41, 5.74) is 5.93. The van der Waals surface area contributed by atoms with Gasteiger partial charge in [-0.1, -0.05) is 27.2 Å². The van der Waals surface area contributed by atoms with E-state index in [-0.39, 0.29) is 24.3 Å². The molecular weight excluding hydrogens is 296 g/mol. The Kier molecular flexibility index (Phi) is 5.68. The topological polar surface area (TPSA) is 92.9 Å². The number of amides is 1. The fraction of sp³-hybridized carbons (Fsp3) is 0.882. The van der Waals surface area contributed by atoms with Crippen LogP contribution in [0.4, 0.5) is 0 Å². The highest BCUT2D eigenvalue weighted by Crippen LogP contribution is 2.47. The predicted molar refractivity (Wildman–Crippen MR) is 86.5 cm³/mol. The number of esters is 1. The molecule has 2 aliphatic rings. The molecule has 3 atom stereocenters. The lowest BCUT2D eigenvalue weighted by Crippen LogP contribution is -2.55. The normalized spacial score (nSPS) is 26.2. The molecule has 1 aliphatic carbocycles. The van der Waals surface area contributed by atoms with Crippen molar-refractivity contribution in [3.63, 3.8) is 0 Å². The number of β-amino-alcohol motifs (C(OH)–C–C–N with tert-alkyl or cyclic N) is 1. The number of unbranched alkanes of at least 4 members (excludes halogenated alkanes) is 1. The predicted octanol–water partition coefficient (Wildman–Crippen LogP) is 1.06. The van der Waals surface area contributed by atoms with Crippen molar-refractivity contribution in [1.29, 1.82) is 0 Å². The molecule has 0 radical (unpaired) electrons. The van der Waals surface area contributed by atoms with Crippen LogP contribution in [0.3, 0.4) is 0 Å². The van der Waals surface area contributed by atoms with Crippen molar-refractivity contribution in [1.82, 2.24) is 4.90 Å². The maximum atomic E-state index is 12.8. The van der Waals surface area contributed by atoms with Gasteiger partial charge in [-0.05, 0) is 30.6 Å². The summed E-state index contributed by atoms with van der Waals surface area (Å²) in [4.78, 5) is 26.5. The fourth-order valence-corrected chi connectivity index (χ4v) is 3.27. The summed E-state index contributed by atoms with van der Waals surface area (Å²) in [6.07, 6.45) is 3.46. The van der Waals surface area contributed by atoms with Crippen LogP contribution in [0.2, 0.25) is 0 Å². The van der Waals surface area contributed by atoms with Gasteiger partial charge >= 0.3 is 5.97 Å².